The highest BCUT2D eigenvalue weighted by molar-refractivity contribution is 5.82. The van der Waals surface area contributed by atoms with Crippen LogP contribution in [0.3, 0.4) is 0 Å². The Morgan fingerprint density at radius 1 is 1.05 bits per heavy atom. The van der Waals surface area contributed by atoms with Crippen molar-refractivity contribution in [1.29, 1.82) is 0 Å². The van der Waals surface area contributed by atoms with Gasteiger partial charge in [0.25, 0.3) is 5.91 Å². The summed E-state index contributed by atoms with van der Waals surface area (Å²) < 4.78 is 17.9. The van der Waals surface area contributed by atoms with E-state index in [-0.39, 0.29) is 24.7 Å². The van der Waals surface area contributed by atoms with Crippen LogP contribution in [0.1, 0.15) is 54.9 Å². The Balaban J connectivity index is 1.47. The lowest BCUT2D eigenvalue weighted by atomic mass is 9.99. The maximum atomic E-state index is 12.2. The smallest absolute Gasteiger partial charge is 0.303 e. The minimum absolute atomic E-state index is 0.00565. The first-order chi connectivity index (χ1) is 20.2. The van der Waals surface area contributed by atoms with Crippen molar-refractivity contribution in [3.63, 3.8) is 0 Å². The summed E-state index contributed by atoms with van der Waals surface area (Å²) in [4.78, 5) is 25.5. The average Bonchev–Trinajstić information content (AvgIpc) is 2.99. The second-order valence-electron chi connectivity index (χ2n) is 10.7. The van der Waals surface area contributed by atoms with E-state index >= 15 is 0 Å². The van der Waals surface area contributed by atoms with Gasteiger partial charge in [0.15, 0.2) is 12.4 Å². The van der Waals surface area contributed by atoms with Crippen LogP contribution >= 0.6 is 0 Å². The second kappa shape index (κ2) is 14.9. The Morgan fingerprint density at radius 3 is 2.43 bits per heavy atom. The zero-order valence-corrected chi connectivity index (χ0v) is 24.5. The standard InChI is InChI=1S/C34H40N2O6/c1-5-17-36(4)21-31-19-32(28-11-9-25(22-37)10-12-28)42-34(41-31)29-15-13-27(14-16-29)30-8-6-7-26(18-30)20-35-33(39)23(2)40-24(3)38/h5-16,18,23,31-32,34,37H,1,17,19-22H2,2-4H3,(H,35,39). The lowest BCUT2D eigenvalue weighted by Crippen LogP contribution is -2.37. The molecule has 0 saturated carbocycles. The predicted octanol–water partition coefficient (Wildman–Crippen LogP) is 5.08. The van der Waals surface area contributed by atoms with Gasteiger partial charge in [-0.15, -0.1) is 6.58 Å². The molecular formula is C34H40N2O6. The number of esters is 1. The fourth-order valence-electron chi connectivity index (χ4n) is 5.00. The molecule has 0 bridgehead atoms. The molecule has 3 aromatic carbocycles. The highest BCUT2D eigenvalue weighted by Crippen LogP contribution is 2.38. The van der Waals surface area contributed by atoms with Crippen LogP contribution in [-0.2, 0) is 37.0 Å². The van der Waals surface area contributed by atoms with Gasteiger partial charge in [-0.05, 0) is 47.9 Å². The molecule has 0 spiro atoms. The van der Waals surface area contributed by atoms with Crippen molar-refractivity contribution in [2.45, 2.75) is 58.0 Å². The average molecular weight is 573 g/mol. The molecule has 1 heterocycles. The SMILES string of the molecule is C=CCN(C)CC1CC(c2ccc(CO)cc2)OC(c2ccc(-c3cccc(CNC(=O)C(C)OC(C)=O)c3)cc2)O1. The van der Waals surface area contributed by atoms with Gasteiger partial charge in [-0.3, -0.25) is 9.59 Å². The summed E-state index contributed by atoms with van der Waals surface area (Å²) >= 11 is 0. The summed E-state index contributed by atoms with van der Waals surface area (Å²) in [6.45, 7) is 8.52. The molecule has 0 aliphatic carbocycles. The van der Waals surface area contributed by atoms with Gasteiger partial charge in [-0.1, -0.05) is 72.8 Å². The molecule has 4 rings (SSSR count). The van der Waals surface area contributed by atoms with Crippen LogP contribution in [0.15, 0.2) is 85.5 Å². The summed E-state index contributed by atoms with van der Waals surface area (Å²) in [6.07, 6.45) is 1.05. The lowest BCUT2D eigenvalue weighted by Gasteiger charge is -2.37. The van der Waals surface area contributed by atoms with Gasteiger partial charge in [-0.2, -0.15) is 0 Å². The zero-order valence-electron chi connectivity index (χ0n) is 24.5. The molecule has 1 fully saturated rings. The molecule has 3 aromatic rings. The van der Waals surface area contributed by atoms with Crippen LogP contribution in [0.2, 0.25) is 0 Å². The molecule has 8 heteroatoms. The minimum Gasteiger partial charge on any atom is -0.453 e. The number of rotatable bonds is 12. The summed E-state index contributed by atoms with van der Waals surface area (Å²) in [6, 6.07) is 23.9. The van der Waals surface area contributed by atoms with E-state index in [1.54, 1.807) is 6.92 Å². The molecule has 1 aliphatic rings. The van der Waals surface area contributed by atoms with Crippen LogP contribution in [0.5, 0.6) is 0 Å². The second-order valence-corrected chi connectivity index (χ2v) is 10.7. The van der Waals surface area contributed by atoms with Crippen molar-refractivity contribution >= 4 is 11.9 Å². The first-order valence-electron chi connectivity index (χ1n) is 14.2. The Kier molecular flexibility index (Phi) is 11.0. The number of hydrogen-bond donors (Lipinski definition) is 2. The van der Waals surface area contributed by atoms with Gasteiger partial charge in [0, 0.05) is 38.5 Å². The molecule has 1 amide bonds. The van der Waals surface area contributed by atoms with Gasteiger partial charge in [0.2, 0.25) is 0 Å². The Bertz CT molecular complexity index is 1340. The monoisotopic (exact) mass is 572 g/mol. The van der Waals surface area contributed by atoms with Crippen LogP contribution in [0.4, 0.5) is 0 Å². The maximum absolute atomic E-state index is 12.2. The minimum atomic E-state index is -0.844. The first kappa shape index (κ1) is 31.1. The Hall–Kier alpha value is -3.82. The fraction of sp³-hybridized carbons (Fsp3) is 0.353. The Morgan fingerprint density at radius 2 is 1.76 bits per heavy atom. The number of benzene rings is 3. The molecule has 0 radical (unpaired) electrons. The van der Waals surface area contributed by atoms with Gasteiger partial charge in [-0.25, -0.2) is 0 Å². The molecule has 222 valence electrons. The van der Waals surface area contributed by atoms with E-state index in [0.29, 0.717) is 6.54 Å². The molecule has 4 atom stereocenters. The van der Waals surface area contributed by atoms with Crippen LogP contribution in [-0.4, -0.2) is 54.2 Å². The maximum Gasteiger partial charge on any atom is 0.303 e. The largest absolute Gasteiger partial charge is 0.453 e. The quantitative estimate of drug-likeness (QED) is 0.231. The van der Waals surface area contributed by atoms with Gasteiger partial charge in [0.1, 0.15) is 0 Å². The van der Waals surface area contributed by atoms with E-state index in [0.717, 1.165) is 52.9 Å². The van der Waals surface area contributed by atoms with Crippen LogP contribution in [0.25, 0.3) is 11.1 Å². The number of carbonyl (C=O) groups is 2. The van der Waals surface area contributed by atoms with Gasteiger partial charge in [0.05, 0.1) is 18.8 Å². The molecule has 1 saturated heterocycles. The molecule has 4 unspecified atom stereocenters. The number of likely N-dealkylation sites (N-methyl/N-ethyl adjacent to an activating group) is 1. The van der Waals surface area contributed by atoms with E-state index in [1.807, 2.05) is 78.9 Å². The summed E-state index contributed by atoms with van der Waals surface area (Å²) in [5.74, 6) is -0.834. The highest BCUT2D eigenvalue weighted by atomic mass is 16.7. The van der Waals surface area contributed by atoms with Crippen LogP contribution < -0.4 is 5.32 Å². The number of carbonyl (C=O) groups excluding carboxylic acids is 2. The summed E-state index contributed by atoms with van der Waals surface area (Å²) in [5, 5.41) is 12.3. The number of nitrogens with zero attached hydrogens (tertiary/aromatic N) is 1. The molecule has 8 nitrogen and oxygen atoms in total. The number of hydrogen-bond acceptors (Lipinski definition) is 7. The topological polar surface area (TPSA) is 97.3 Å². The Labute approximate surface area is 247 Å². The van der Waals surface area contributed by atoms with E-state index in [2.05, 4.69) is 23.8 Å². The number of nitrogens with one attached hydrogen (secondary N) is 1. The third-order valence-corrected chi connectivity index (χ3v) is 7.19. The molecule has 0 aromatic heterocycles. The van der Waals surface area contributed by atoms with Crippen molar-refractivity contribution in [3.05, 3.63) is 108 Å². The number of amides is 1. The van der Waals surface area contributed by atoms with E-state index in [9.17, 15) is 14.7 Å². The summed E-state index contributed by atoms with van der Waals surface area (Å²) in [5.41, 5.74) is 5.81. The highest BCUT2D eigenvalue weighted by Gasteiger charge is 2.32. The third-order valence-electron chi connectivity index (χ3n) is 7.19. The molecule has 42 heavy (non-hydrogen) atoms. The van der Waals surface area contributed by atoms with Gasteiger partial charge >= 0.3 is 5.97 Å². The van der Waals surface area contributed by atoms with Crippen molar-refractivity contribution < 1.29 is 28.9 Å². The predicted molar refractivity (Wildman–Crippen MR) is 161 cm³/mol. The number of aliphatic hydroxyl groups is 1. The van der Waals surface area contributed by atoms with Crippen LogP contribution in [0, 0.1) is 0 Å². The summed E-state index contributed by atoms with van der Waals surface area (Å²) in [7, 11) is 2.05. The fourth-order valence-corrected chi connectivity index (χ4v) is 5.00. The number of aliphatic hydroxyl groups excluding tert-OH is 1. The van der Waals surface area contributed by atoms with E-state index in [1.165, 1.54) is 6.92 Å². The number of ether oxygens (including phenoxy) is 3. The lowest BCUT2D eigenvalue weighted by molar-refractivity contribution is -0.252. The van der Waals surface area contributed by atoms with Crippen molar-refractivity contribution in [1.82, 2.24) is 10.2 Å². The molecule has 2 N–H and O–H groups in total. The van der Waals surface area contributed by atoms with E-state index < -0.39 is 18.4 Å². The molecule has 1 aliphatic heterocycles. The van der Waals surface area contributed by atoms with Crippen molar-refractivity contribution in [3.8, 4) is 11.1 Å². The first-order valence-corrected chi connectivity index (χ1v) is 14.2. The molecular weight excluding hydrogens is 532 g/mol. The van der Waals surface area contributed by atoms with Crippen molar-refractivity contribution in [2.75, 3.05) is 20.1 Å². The van der Waals surface area contributed by atoms with E-state index in [4.69, 9.17) is 14.2 Å². The van der Waals surface area contributed by atoms with Crippen molar-refractivity contribution in [2.24, 2.45) is 0 Å². The zero-order chi connectivity index (χ0) is 30.1. The normalized spacial score (nSPS) is 19.2. The van der Waals surface area contributed by atoms with Gasteiger partial charge < -0.3 is 29.5 Å². The third kappa shape index (κ3) is 8.59.